The maximum absolute atomic E-state index is 15.2. The number of pyridine rings is 2. The minimum Gasteiger partial charge on any atom is -0.485 e. The van der Waals surface area contributed by atoms with Crippen molar-refractivity contribution >= 4 is 27.3 Å². The number of alkyl halides is 4. The third-order valence-electron chi connectivity index (χ3n) is 6.91. The van der Waals surface area contributed by atoms with Gasteiger partial charge < -0.3 is 15.8 Å². The van der Waals surface area contributed by atoms with Crippen LogP contribution in [0.3, 0.4) is 0 Å². The van der Waals surface area contributed by atoms with Crippen molar-refractivity contribution in [3.63, 3.8) is 0 Å². The van der Waals surface area contributed by atoms with Gasteiger partial charge in [0.15, 0.2) is 6.61 Å². The maximum Gasteiger partial charge on any atom is 0.340 e. The van der Waals surface area contributed by atoms with E-state index in [9.17, 15) is 26.6 Å². The predicted molar refractivity (Wildman–Crippen MR) is 134 cm³/mol. The number of nitrogens with two attached hydrogens (primary N) is 1. The smallest absolute Gasteiger partial charge is 0.340 e. The summed E-state index contributed by atoms with van der Waals surface area (Å²) >= 11 is 0. The monoisotopic (exact) mass is 574 g/mol. The van der Waals surface area contributed by atoms with Crippen LogP contribution < -0.4 is 15.8 Å². The van der Waals surface area contributed by atoms with Gasteiger partial charge >= 0.3 is 12.3 Å². The summed E-state index contributed by atoms with van der Waals surface area (Å²) in [6.45, 7) is 3.81. The van der Waals surface area contributed by atoms with E-state index in [0.717, 1.165) is 24.4 Å². The van der Waals surface area contributed by atoms with Crippen molar-refractivity contribution in [1.82, 2.24) is 9.97 Å². The molecule has 39 heavy (non-hydrogen) atoms. The summed E-state index contributed by atoms with van der Waals surface area (Å²) in [7, 11) is -2.97. The van der Waals surface area contributed by atoms with E-state index in [1.807, 2.05) is 0 Å². The molecule has 9 nitrogen and oxygen atoms in total. The van der Waals surface area contributed by atoms with Gasteiger partial charge in [0.25, 0.3) is 5.91 Å². The molecule has 0 fully saturated rings. The van der Waals surface area contributed by atoms with Gasteiger partial charge in [0.05, 0.1) is 21.2 Å². The lowest BCUT2D eigenvalue weighted by Gasteiger charge is -2.47. The third kappa shape index (κ3) is 5.03. The number of amidine groups is 1. The molecule has 0 aromatic carbocycles. The summed E-state index contributed by atoms with van der Waals surface area (Å²) in [6.07, 6.45) is -1.89. The number of aliphatic imine (C=N–C) groups is 1. The van der Waals surface area contributed by atoms with E-state index in [2.05, 4.69) is 29.4 Å². The Balaban J connectivity index is 1.58. The lowest BCUT2D eigenvalue weighted by Crippen LogP contribution is -2.60. The van der Waals surface area contributed by atoms with E-state index in [1.54, 1.807) is 20.8 Å². The van der Waals surface area contributed by atoms with E-state index < -0.39 is 55.9 Å². The molecule has 2 aromatic rings. The first-order chi connectivity index (χ1) is 18.1. The number of anilines is 1. The van der Waals surface area contributed by atoms with Gasteiger partial charge in [0.2, 0.25) is 0 Å². The number of fused-ring (bicyclic) bond motifs is 1. The van der Waals surface area contributed by atoms with Crippen LogP contribution in [0.2, 0.25) is 0 Å². The van der Waals surface area contributed by atoms with Crippen molar-refractivity contribution in [1.29, 1.82) is 0 Å². The fraction of sp³-hybridized carbons (Fsp3) is 0.500. The number of nitrogens with zero attached hydrogens (tertiary/aromatic N) is 4. The molecule has 2 aliphatic rings. The number of rotatable bonds is 7. The van der Waals surface area contributed by atoms with Crippen molar-refractivity contribution in [2.24, 2.45) is 15.1 Å². The Hall–Kier alpha value is -3.36. The van der Waals surface area contributed by atoms with Crippen LogP contribution in [0.4, 0.5) is 27.8 Å². The van der Waals surface area contributed by atoms with Crippen LogP contribution in [0, 0.1) is 5.82 Å². The molecule has 4 heterocycles. The van der Waals surface area contributed by atoms with Crippen molar-refractivity contribution in [3.8, 4) is 5.75 Å². The summed E-state index contributed by atoms with van der Waals surface area (Å²) in [4.78, 5) is 25.4. The molecule has 0 saturated heterocycles. The van der Waals surface area contributed by atoms with E-state index in [0.29, 0.717) is 19.4 Å². The molecule has 3 atom stereocenters. The van der Waals surface area contributed by atoms with Gasteiger partial charge in [-0.05, 0) is 57.9 Å². The number of hydrogen-bond acceptors (Lipinski definition) is 8. The fourth-order valence-corrected chi connectivity index (χ4v) is 7.77. The maximum atomic E-state index is 15.2. The van der Waals surface area contributed by atoms with Gasteiger partial charge in [-0.1, -0.05) is 0 Å². The molecular formula is C24H27F5N6O3S. The average molecular weight is 575 g/mol. The predicted octanol–water partition coefficient (Wildman–Crippen LogP) is 4.14. The summed E-state index contributed by atoms with van der Waals surface area (Å²) in [5.41, 5.74) is 4.46. The third-order valence-corrected chi connectivity index (χ3v) is 10.6. The topological polar surface area (TPSA) is 132 Å². The van der Waals surface area contributed by atoms with Crippen molar-refractivity contribution in [2.75, 3.05) is 18.5 Å². The van der Waals surface area contributed by atoms with Crippen LogP contribution in [0.5, 0.6) is 5.75 Å². The average Bonchev–Trinajstić information content (AvgIpc) is 2.88. The molecule has 0 radical (unpaired) electrons. The number of nitrogens with one attached hydrogen (secondary N) is 1. The summed E-state index contributed by atoms with van der Waals surface area (Å²) in [6, 6.07) is 4.54. The van der Waals surface area contributed by atoms with Crippen LogP contribution in [-0.2, 0) is 15.3 Å². The molecule has 0 saturated carbocycles. The number of aromatic nitrogens is 2. The number of carbonyl (C=O) groups excluding carboxylic acids is 1. The lowest BCUT2D eigenvalue weighted by atomic mass is 9.89. The second kappa shape index (κ2) is 9.99. The Labute approximate surface area is 221 Å². The Bertz CT molecular complexity index is 1430. The van der Waals surface area contributed by atoms with Gasteiger partial charge in [-0.25, -0.2) is 31.7 Å². The number of carbonyl (C=O) groups is 1. The molecule has 4 rings (SSSR count). The molecule has 3 N–H and O–H groups in total. The standard InChI is InChI=1S/C24H27F5N6O3S/c1-22(2)21(30)35-23(3,16-5-4-10-32-39(16,22)37)18-14(25)7-9-17(33-18)34-19(36)15-8-6-13(11-31-15)38-12-24(28,29)20(26)27/h6-9,11,16,20H,4-5,10,12H2,1-3H3,(H2,30,35)(H,33,34,36)/t16-,23+,39-/m1/s1. The van der Waals surface area contributed by atoms with Crippen molar-refractivity contribution in [2.45, 2.75) is 61.5 Å². The highest BCUT2D eigenvalue weighted by Gasteiger charge is 2.56. The molecule has 0 aliphatic carbocycles. The van der Waals surface area contributed by atoms with Crippen LogP contribution in [0.1, 0.15) is 49.8 Å². The zero-order valence-corrected chi connectivity index (χ0v) is 22.1. The van der Waals surface area contributed by atoms with Gasteiger partial charge in [-0.2, -0.15) is 8.78 Å². The summed E-state index contributed by atoms with van der Waals surface area (Å²) in [5, 5.41) is 1.79. The highest BCUT2D eigenvalue weighted by Crippen LogP contribution is 2.47. The molecule has 1 amide bonds. The first kappa shape index (κ1) is 28.6. The van der Waals surface area contributed by atoms with Crippen molar-refractivity contribution in [3.05, 3.63) is 47.7 Å². The van der Waals surface area contributed by atoms with Crippen LogP contribution in [0.15, 0.2) is 39.8 Å². The first-order valence-electron chi connectivity index (χ1n) is 11.9. The SMILES string of the molecule is CC1(C)C(N)=N[C@](C)(c2nc(NC(=O)c3ccc(OCC(F)(F)C(F)F)cn3)ccc2F)[C@H]2CCCN=[S@@]21=O. The Kier molecular flexibility index (Phi) is 7.34. The van der Waals surface area contributed by atoms with Gasteiger partial charge in [-0.3, -0.25) is 9.79 Å². The number of halogens is 5. The second-order valence-corrected chi connectivity index (χ2v) is 12.9. The van der Waals surface area contributed by atoms with E-state index in [4.69, 9.17) is 5.73 Å². The van der Waals surface area contributed by atoms with Crippen molar-refractivity contribution < 1.29 is 35.7 Å². The second-order valence-electron chi connectivity index (χ2n) is 9.92. The Morgan fingerprint density at radius 1 is 1.26 bits per heavy atom. The minimum absolute atomic E-state index is 0.0605. The first-order valence-corrected chi connectivity index (χ1v) is 13.5. The molecule has 15 heteroatoms. The number of amides is 1. The van der Waals surface area contributed by atoms with E-state index >= 15 is 4.39 Å². The van der Waals surface area contributed by atoms with E-state index in [-0.39, 0.29) is 28.8 Å². The zero-order valence-electron chi connectivity index (χ0n) is 21.3. The van der Waals surface area contributed by atoms with Gasteiger partial charge in [-0.15, -0.1) is 0 Å². The highest BCUT2D eigenvalue weighted by molar-refractivity contribution is 7.96. The molecule has 0 unspecified atom stereocenters. The molecular weight excluding hydrogens is 547 g/mol. The minimum atomic E-state index is -4.35. The van der Waals surface area contributed by atoms with Gasteiger partial charge in [0, 0.05) is 6.54 Å². The van der Waals surface area contributed by atoms with E-state index in [1.165, 1.54) is 6.07 Å². The van der Waals surface area contributed by atoms with Crippen LogP contribution in [-0.4, -0.2) is 61.4 Å². The molecule has 2 aliphatic heterocycles. The molecule has 0 spiro atoms. The largest absolute Gasteiger partial charge is 0.485 e. The number of ether oxygens (including phenoxy) is 1. The Morgan fingerprint density at radius 2 is 1.97 bits per heavy atom. The molecule has 0 bridgehead atoms. The van der Waals surface area contributed by atoms with Gasteiger partial charge in [0.1, 0.15) is 44.9 Å². The summed E-state index contributed by atoms with van der Waals surface area (Å²) < 4.78 is 88.0. The Morgan fingerprint density at radius 3 is 2.62 bits per heavy atom. The quantitative estimate of drug-likeness (QED) is 0.478. The number of hydrogen-bond donors (Lipinski definition) is 2. The van der Waals surface area contributed by atoms with Crippen LogP contribution in [0.25, 0.3) is 0 Å². The molecule has 2 aromatic heterocycles. The fourth-order valence-electron chi connectivity index (χ4n) is 4.54. The zero-order chi connectivity index (χ0) is 28.8. The lowest BCUT2D eigenvalue weighted by molar-refractivity contribution is -0.148. The highest BCUT2D eigenvalue weighted by atomic mass is 32.2. The van der Waals surface area contributed by atoms with Crippen LogP contribution >= 0.6 is 0 Å². The molecule has 212 valence electrons. The summed E-state index contributed by atoms with van der Waals surface area (Å²) in [5.74, 6) is -6.11. The normalized spacial score (nSPS) is 26.3.